The maximum Gasteiger partial charge on any atom is 0.224 e. The van der Waals surface area contributed by atoms with Crippen molar-refractivity contribution in [2.24, 2.45) is 0 Å². The maximum atomic E-state index is 11.6. The zero-order valence-corrected chi connectivity index (χ0v) is 15.6. The van der Waals surface area contributed by atoms with Gasteiger partial charge in [0.25, 0.3) is 0 Å². The number of nitrogens with one attached hydrogen (secondary N) is 2. The molecular formula is C17H21ClN4O2S. The normalized spacial score (nSPS) is 18.9. The Bertz CT molecular complexity index is 857. The fraction of sp³-hybridized carbons (Fsp3) is 0.412. The molecule has 1 aromatic heterocycles. The summed E-state index contributed by atoms with van der Waals surface area (Å²) < 4.78 is 23.1. The maximum absolute atomic E-state index is 11.6. The van der Waals surface area contributed by atoms with Gasteiger partial charge in [-0.3, -0.25) is 0 Å². The highest BCUT2D eigenvalue weighted by atomic mass is 35.5. The van der Waals surface area contributed by atoms with Crippen molar-refractivity contribution in [2.45, 2.75) is 25.8 Å². The summed E-state index contributed by atoms with van der Waals surface area (Å²) in [5, 5.41) is 7.14. The SMILES string of the molecule is Cc1cc(NC2CCS(=O)(=O)C2)nc(NCCc2cccc(Cl)c2)n1. The Morgan fingerprint density at radius 1 is 1.28 bits per heavy atom. The van der Waals surface area contributed by atoms with Crippen LogP contribution in [0, 0.1) is 6.92 Å². The molecule has 2 heterocycles. The number of aryl methyl sites for hydroxylation is 1. The van der Waals surface area contributed by atoms with Crippen molar-refractivity contribution in [3.05, 3.63) is 46.6 Å². The fourth-order valence-electron chi connectivity index (χ4n) is 2.85. The average molecular weight is 381 g/mol. The van der Waals surface area contributed by atoms with E-state index in [1.807, 2.05) is 37.3 Å². The van der Waals surface area contributed by atoms with E-state index in [1.54, 1.807) is 0 Å². The monoisotopic (exact) mass is 380 g/mol. The zero-order valence-electron chi connectivity index (χ0n) is 14.0. The predicted molar refractivity (Wildman–Crippen MR) is 101 cm³/mol. The molecule has 1 unspecified atom stereocenters. The van der Waals surface area contributed by atoms with Gasteiger partial charge in [0.1, 0.15) is 5.82 Å². The lowest BCUT2D eigenvalue weighted by molar-refractivity contribution is 0.602. The molecule has 1 fully saturated rings. The third kappa shape index (κ3) is 5.31. The quantitative estimate of drug-likeness (QED) is 0.801. The first kappa shape index (κ1) is 17.9. The minimum atomic E-state index is -2.92. The van der Waals surface area contributed by atoms with Gasteiger partial charge in [0, 0.05) is 29.4 Å². The van der Waals surface area contributed by atoms with Crippen molar-refractivity contribution in [3.63, 3.8) is 0 Å². The minimum absolute atomic E-state index is 0.0846. The molecule has 0 saturated carbocycles. The number of sulfone groups is 1. The predicted octanol–water partition coefficient (Wildman–Crippen LogP) is 2.69. The number of hydrogen-bond acceptors (Lipinski definition) is 6. The van der Waals surface area contributed by atoms with Crippen LogP contribution >= 0.6 is 11.6 Å². The summed E-state index contributed by atoms with van der Waals surface area (Å²) in [5.41, 5.74) is 1.96. The van der Waals surface area contributed by atoms with Crippen molar-refractivity contribution < 1.29 is 8.42 Å². The molecule has 0 radical (unpaired) electrons. The van der Waals surface area contributed by atoms with Gasteiger partial charge in [-0.1, -0.05) is 23.7 Å². The summed E-state index contributed by atoms with van der Waals surface area (Å²) in [4.78, 5) is 8.82. The molecule has 134 valence electrons. The smallest absolute Gasteiger partial charge is 0.224 e. The minimum Gasteiger partial charge on any atom is -0.366 e. The third-order valence-corrected chi connectivity index (χ3v) is 6.03. The van der Waals surface area contributed by atoms with E-state index < -0.39 is 9.84 Å². The molecule has 1 aliphatic rings. The average Bonchev–Trinajstić information content (AvgIpc) is 2.85. The molecule has 25 heavy (non-hydrogen) atoms. The Morgan fingerprint density at radius 2 is 2.12 bits per heavy atom. The lowest BCUT2D eigenvalue weighted by Crippen LogP contribution is -2.22. The summed E-state index contributed by atoms with van der Waals surface area (Å²) in [5.74, 6) is 1.58. The van der Waals surface area contributed by atoms with E-state index >= 15 is 0 Å². The van der Waals surface area contributed by atoms with Crippen molar-refractivity contribution >= 4 is 33.2 Å². The lowest BCUT2D eigenvalue weighted by Gasteiger charge is -2.13. The molecule has 3 rings (SSSR count). The van der Waals surface area contributed by atoms with Crippen molar-refractivity contribution in [3.8, 4) is 0 Å². The molecule has 0 aliphatic carbocycles. The summed E-state index contributed by atoms with van der Waals surface area (Å²) in [6, 6.07) is 9.49. The Labute approximate surface area is 153 Å². The fourth-order valence-corrected chi connectivity index (χ4v) is 4.74. The zero-order chi connectivity index (χ0) is 17.9. The van der Waals surface area contributed by atoms with E-state index in [1.165, 1.54) is 0 Å². The van der Waals surface area contributed by atoms with Crippen LogP contribution in [0.1, 0.15) is 17.7 Å². The second-order valence-electron chi connectivity index (χ2n) is 6.27. The number of anilines is 2. The van der Waals surface area contributed by atoms with E-state index in [0.29, 0.717) is 24.7 Å². The molecule has 2 aromatic rings. The molecule has 0 amide bonds. The van der Waals surface area contributed by atoms with Crippen LogP contribution in [0.3, 0.4) is 0 Å². The van der Waals surface area contributed by atoms with Gasteiger partial charge in [-0.25, -0.2) is 13.4 Å². The van der Waals surface area contributed by atoms with Crippen LogP contribution in [0.2, 0.25) is 5.02 Å². The van der Waals surface area contributed by atoms with E-state index in [9.17, 15) is 8.42 Å². The third-order valence-electron chi connectivity index (χ3n) is 4.02. The van der Waals surface area contributed by atoms with E-state index in [2.05, 4.69) is 20.6 Å². The van der Waals surface area contributed by atoms with Crippen LogP contribution in [0.15, 0.2) is 30.3 Å². The number of hydrogen-bond donors (Lipinski definition) is 2. The summed E-state index contributed by atoms with van der Waals surface area (Å²) >= 11 is 5.99. The van der Waals surface area contributed by atoms with Gasteiger partial charge in [0.15, 0.2) is 9.84 Å². The molecular weight excluding hydrogens is 360 g/mol. The van der Waals surface area contributed by atoms with Gasteiger partial charge in [0.05, 0.1) is 11.5 Å². The number of benzene rings is 1. The van der Waals surface area contributed by atoms with E-state index in [4.69, 9.17) is 11.6 Å². The Balaban J connectivity index is 1.59. The first-order valence-corrected chi connectivity index (χ1v) is 10.4. The second kappa shape index (κ2) is 7.58. The van der Waals surface area contributed by atoms with Crippen LogP contribution in [0.25, 0.3) is 0 Å². The van der Waals surface area contributed by atoms with Crippen LogP contribution in [0.5, 0.6) is 0 Å². The first-order chi connectivity index (χ1) is 11.9. The van der Waals surface area contributed by atoms with Crippen molar-refractivity contribution in [1.29, 1.82) is 0 Å². The summed E-state index contributed by atoms with van der Waals surface area (Å²) in [6.45, 7) is 2.57. The number of halogens is 1. The number of nitrogens with zero attached hydrogens (tertiary/aromatic N) is 2. The standard InChI is InChI=1S/C17H21ClN4O2S/c1-12-9-16(21-15-6-8-25(23,24)11-15)22-17(20-12)19-7-5-13-3-2-4-14(18)10-13/h2-4,9-10,15H,5-8,11H2,1H3,(H2,19,20,21,22). The second-order valence-corrected chi connectivity index (χ2v) is 8.93. The molecule has 1 atom stereocenters. The molecule has 0 bridgehead atoms. The molecule has 6 nitrogen and oxygen atoms in total. The van der Waals surface area contributed by atoms with Gasteiger partial charge in [-0.2, -0.15) is 4.98 Å². The first-order valence-electron chi connectivity index (χ1n) is 8.21. The van der Waals surface area contributed by atoms with Crippen LogP contribution < -0.4 is 10.6 Å². The van der Waals surface area contributed by atoms with Crippen LogP contribution in [-0.2, 0) is 16.3 Å². The van der Waals surface area contributed by atoms with Gasteiger partial charge < -0.3 is 10.6 Å². The molecule has 1 aromatic carbocycles. The highest BCUT2D eigenvalue weighted by Crippen LogP contribution is 2.18. The molecule has 0 spiro atoms. The molecule has 2 N–H and O–H groups in total. The summed E-state index contributed by atoms with van der Waals surface area (Å²) in [7, 11) is -2.92. The van der Waals surface area contributed by atoms with E-state index in [0.717, 1.165) is 22.7 Å². The van der Waals surface area contributed by atoms with Gasteiger partial charge in [-0.15, -0.1) is 0 Å². The summed E-state index contributed by atoms with van der Waals surface area (Å²) in [6.07, 6.45) is 1.42. The Hall–Kier alpha value is -1.86. The van der Waals surface area contributed by atoms with Gasteiger partial charge in [-0.05, 0) is 37.5 Å². The van der Waals surface area contributed by atoms with Crippen LogP contribution in [-0.4, -0.2) is 42.5 Å². The number of rotatable bonds is 6. The number of aromatic nitrogens is 2. The van der Waals surface area contributed by atoms with Gasteiger partial charge in [0.2, 0.25) is 5.95 Å². The Kier molecular flexibility index (Phi) is 5.44. The largest absolute Gasteiger partial charge is 0.366 e. The van der Waals surface area contributed by atoms with Crippen molar-refractivity contribution in [2.75, 3.05) is 28.7 Å². The topological polar surface area (TPSA) is 84.0 Å². The van der Waals surface area contributed by atoms with Crippen molar-refractivity contribution in [1.82, 2.24) is 9.97 Å². The molecule has 8 heteroatoms. The van der Waals surface area contributed by atoms with E-state index in [-0.39, 0.29) is 17.5 Å². The van der Waals surface area contributed by atoms with Gasteiger partial charge >= 0.3 is 0 Å². The lowest BCUT2D eigenvalue weighted by atomic mass is 10.1. The Morgan fingerprint density at radius 3 is 2.84 bits per heavy atom. The van der Waals surface area contributed by atoms with Crippen LogP contribution in [0.4, 0.5) is 11.8 Å². The molecule has 1 saturated heterocycles. The highest BCUT2D eigenvalue weighted by Gasteiger charge is 2.28. The highest BCUT2D eigenvalue weighted by molar-refractivity contribution is 7.91. The molecule has 1 aliphatic heterocycles.